The Labute approximate surface area is 229 Å². The van der Waals surface area contributed by atoms with Crippen molar-refractivity contribution in [2.24, 2.45) is 5.73 Å². The molecule has 0 aliphatic rings. The van der Waals surface area contributed by atoms with Crippen molar-refractivity contribution in [2.75, 3.05) is 5.32 Å². The van der Waals surface area contributed by atoms with Crippen LogP contribution in [0.25, 0.3) is 0 Å². The number of nitrogens with one attached hydrogen (secondary N) is 1. The first kappa shape index (κ1) is 31.0. The summed E-state index contributed by atoms with van der Waals surface area (Å²) in [5.41, 5.74) is 3.96. The number of ether oxygens (including phenoxy) is 4. The largest absolute Gasteiger partial charge is 0.573 e. The van der Waals surface area contributed by atoms with Gasteiger partial charge in [-0.1, -0.05) is 0 Å². The molecular formula is C22H17B3F7N3O6. The van der Waals surface area contributed by atoms with E-state index in [1.54, 1.807) is 0 Å². The van der Waals surface area contributed by atoms with Crippen LogP contribution in [0.15, 0.2) is 48.7 Å². The van der Waals surface area contributed by atoms with Crippen LogP contribution >= 0.6 is 0 Å². The van der Waals surface area contributed by atoms with Crippen LogP contribution in [0.2, 0.25) is 0 Å². The lowest BCUT2D eigenvalue weighted by Gasteiger charge is -2.25. The van der Waals surface area contributed by atoms with Crippen molar-refractivity contribution >= 4 is 41.0 Å². The summed E-state index contributed by atoms with van der Waals surface area (Å²) in [4.78, 5) is 27.9. The van der Waals surface area contributed by atoms with Crippen molar-refractivity contribution in [3.05, 3.63) is 65.7 Å². The second-order valence-electron chi connectivity index (χ2n) is 9.05. The molecule has 0 aliphatic heterocycles. The number of pyridine rings is 1. The molecule has 1 aromatic heterocycles. The molecule has 2 amide bonds. The van der Waals surface area contributed by atoms with Crippen molar-refractivity contribution in [1.82, 2.24) is 4.98 Å². The molecule has 0 bridgehead atoms. The number of rotatable bonds is 9. The fraction of sp³-hybridized carbons (Fsp3) is 0.136. The van der Waals surface area contributed by atoms with Gasteiger partial charge in [-0.2, -0.15) is 0 Å². The number of alkyl halides is 6. The zero-order chi connectivity index (χ0) is 30.8. The molecule has 0 spiro atoms. The maximum atomic E-state index is 15.1. The summed E-state index contributed by atoms with van der Waals surface area (Å²) in [5.74, 6) is -7.09. The number of amides is 2. The molecule has 0 radical (unpaired) electrons. The van der Waals surface area contributed by atoms with E-state index in [1.807, 2.05) is 0 Å². The Hall–Kier alpha value is -4.57. The number of anilines is 1. The molecule has 214 valence electrons. The molecule has 3 rings (SSSR count). The molecule has 0 saturated heterocycles. The minimum Gasteiger partial charge on any atom is -0.510 e. The maximum Gasteiger partial charge on any atom is 0.573 e. The van der Waals surface area contributed by atoms with Crippen LogP contribution in [0.5, 0.6) is 28.7 Å². The standard InChI is InChI=1S/C22H17B3F7N3O6/c23-20(24,25)41-15-6-10(39-21(27,28)29)2-4-14(15)38-16-7-11(40-22(30,31)32)5-12(26)17(16)19(37)35-9-1-3-13(18(33)36)34-8-9/h1-8H,23-25H2,(H2,33,36)(H,35,37). The Balaban J connectivity index is 2.08. The van der Waals surface area contributed by atoms with E-state index in [-0.39, 0.29) is 23.2 Å². The first-order valence-electron chi connectivity index (χ1n) is 11.2. The van der Waals surface area contributed by atoms with E-state index in [9.17, 15) is 35.9 Å². The van der Waals surface area contributed by atoms with E-state index in [0.29, 0.717) is 6.07 Å². The van der Waals surface area contributed by atoms with Gasteiger partial charge in [0, 0.05) is 23.5 Å². The molecule has 0 unspecified atom stereocenters. The third kappa shape index (κ3) is 9.25. The topological polar surface area (TPSA) is 122 Å². The smallest absolute Gasteiger partial charge is 0.510 e. The Bertz CT molecular complexity index is 1450. The Morgan fingerprint density at radius 1 is 0.805 bits per heavy atom. The first-order valence-corrected chi connectivity index (χ1v) is 11.2. The van der Waals surface area contributed by atoms with Crippen molar-refractivity contribution in [3.8, 4) is 28.7 Å². The molecule has 0 aliphatic carbocycles. The number of carbonyl (C=O) groups is 2. The van der Waals surface area contributed by atoms with Gasteiger partial charge in [0.2, 0.25) is 0 Å². The lowest BCUT2D eigenvalue weighted by molar-refractivity contribution is -0.275. The van der Waals surface area contributed by atoms with Crippen LogP contribution in [0.1, 0.15) is 20.8 Å². The summed E-state index contributed by atoms with van der Waals surface area (Å²) < 4.78 is 111. The Morgan fingerprint density at radius 3 is 1.95 bits per heavy atom. The molecular weight excluding hydrogens is 568 g/mol. The Morgan fingerprint density at radius 2 is 1.41 bits per heavy atom. The third-order valence-electron chi connectivity index (χ3n) is 4.55. The van der Waals surface area contributed by atoms with Gasteiger partial charge < -0.3 is 30.0 Å². The van der Waals surface area contributed by atoms with Crippen molar-refractivity contribution in [2.45, 2.75) is 18.0 Å². The average molecular weight is 585 g/mol. The average Bonchev–Trinajstić information content (AvgIpc) is 2.77. The third-order valence-corrected chi connectivity index (χ3v) is 4.55. The SMILES string of the molecule is BC(B)(B)Oc1cc(OC(F)(F)F)ccc1Oc1cc(OC(F)(F)F)cc(F)c1C(=O)Nc1ccc(C(N)=O)nc1. The van der Waals surface area contributed by atoms with Gasteiger partial charge in [0.1, 0.15) is 57.9 Å². The van der Waals surface area contributed by atoms with E-state index in [2.05, 4.69) is 19.8 Å². The molecule has 0 atom stereocenters. The highest BCUT2D eigenvalue weighted by Crippen LogP contribution is 2.40. The van der Waals surface area contributed by atoms with Gasteiger partial charge in [0.05, 0.1) is 11.9 Å². The number of nitrogens with zero attached hydrogens (tertiary/aromatic N) is 1. The van der Waals surface area contributed by atoms with E-state index < -0.39 is 64.2 Å². The van der Waals surface area contributed by atoms with Crippen LogP contribution in [0.4, 0.5) is 36.4 Å². The van der Waals surface area contributed by atoms with E-state index in [0.717, 1.165) is 30.5 Å². The predicted octanol–water partition coefficient (Wildman–Crippen LogP) is 2.05. The maximum absolute atomic E-state index is 15.1. The zero-order valence-electron chi connectivity index (χ0n) is 21.2. The van der Waals surface area contributed by atoms with E-state index >= 15 is 4.39 Å². The molecule has 0 saturated carbocycles. The van der Waals surface area contributed by atoms with Crippen molar-refractivity contribution in [3.63, 3.8) is 0 Å². The molecule has 3 aromatic rings. The highest BCUT2D eigenvalue weighted by atomic mass is 19.4. The summed E-state index contributed by atoms with van der Waals surface area (Å²) in [6.07, 6.45) is -9.31. The summed E-state index contributed by atoms with van der Waals surface area (Å²) in [6, 6.07) is 5.65. The number of hydrogen-bond donors (Lipinski definition) is 2. The fourth-order valence-electron chi connectivity index (χ4n) is 3.16. The number of nitrogens with two attached hydrogens (primary N) is 1. The predicted molar refractivity (Wildman–Crippen MR) is 136 cm³/mol. The van der Waals surface area contributed by atoms with Crippen molar-refractivity contribution < 1.29 is 59.3 Å². The second kappa shape index (κ2) is 11.5. The molecule has 1 heterocycles. The number of halogens is 7. The van der Waals surface area contributed by atoms with Crippen molar-refractivity contribution in [1.29, 1.82) is 0 Å². The van der Waals surface area contributed by atoms with Gasteiger partial charge in [0.25, 0.3) is 11.8 Å². The summed E-state index contributed by atoms with van der Waals surface area (Å²) >= 11 is 0. The fourth-order valence-corrected chi connectivity index (χ4v) is 3.16. The minimum absolute atomic E-state index is 0.0635. The zero-order valence-corrected chi connectivity index (χ0v) is 21.2. The number of hydrogen-bond acceptors (Lipinski definition) is 7. The number of aromatic nitrogens is 1. The quantitative estimate of drug-likeness (QED) is 0.292. The van der Waals surface area contributed by atoms with Gasteiger partial charge in [-0.15, -0.1) is 26.3 Å². The summed E-state index contributed by atoms with van der Waals surface area (Å²) in [5, 5.41) is 1.20. The molecule has 9 nitrogen and oxygen atoms in total. The lowest BCUT2D eigenvalue weighted by Crippen LogP contribution is -2.37. The first-order chi connectivity index (χ1) is 18.8. The van der Waals surface area contributed by atoms with Gasteiger partial charge in [-0.3, -0.25) is 9.59 Å². The molecule has 0 fully saturated rings. The second-order valence-corrected chi connectivity index (χ2v) is 9.05. The highest BCUT2D eigenvalue weighted by molar-refractivity contribution is 6.58. The lowest BCUT2D eigenvalue weighted by atomic mass is 9.52. The van der Waals surface area contributed by atoms with Gasteiger partial charge in [0.15, 0.2) is 11.5 Å². The van der Waals surface area contributed by atoms with Gasteiger partial charge >= 0.3 is 12.7 Å². The van der Waals surface area contributed by atoms with E-state index in [1.165, 1.54) is 29.6 Å². The van der Waals surface area contributed by atoms with Gasteiger partial charge in [-0.25, -0.2) is 9.37 Å². The molecule has 19 heteroatoms. The monoisotopic (exact) mass is 585 g/mol. The van der Waals surface area contributed by atoms with Crippen LogP contribution in [-0.2, 0) is 0 Å². The highest BCUT2D eigenvalue weighted by Gasteiger charge is 2.34. The Kier molecular flexibility index (Phi) is 8.69. The number of benzene rings is 2. The van der Waals surface area contributed by atoms with E-state index in [4.69, 9.17) is 15.2 Å². The van der Waals surface area contributed by atoms with Crippen LogP contribution in [0, 0.1) is 5.82 Å². The normalized spacial score (nSPS) is 11.9. The van der Waals surface area contributed by atoms with Crippen LogP contribution in [-0.4, -0.2) is 58.4 Å². The minimum atomic E-state index is -5.25. The summed E-state index contributed by atoms with van der Waals surface area (Å²) in [6.45, 7) is 0. The molecule has 3 N–H and O–H groups in total. The molecule has 2 aromatic carbocycles. The van der Waals surface area contributed by atoms with Crippen LogP contribution < -0.4 is 30.0 Å². The number of carbonyl (C=O) groups excluding carboxylic acids is 2. The van der Waals surface area contributed by atoms with Crippen LogP contribution in [0.3, 0.4) is 0 Å². The molecule has 41 heavy (non-hydrogen) atoms. The summed E-state index contributed by atoms with van der Waals surface area (Å²) in [7, 11) is 4.59. The number of primary amides is 1. The van der Waals surface area contributed by atoms with Gasteiger partial charge in [-0.05, 0) is 24.3 Å².